The molecule has 19 heavy (non-hydrogen) atoms. The first-order valence-electron chi connectivity index (χ1n) is 5.83. The lowest BCUT2D eigenvalue weighted by atomic mass is 10.1. The maximum absolute atomic E-state index is 4.48. The Morgan fingerprint density at radius 3 is 2.89 bits per heavy atom. The van der Waals surface area contributed by atoms with E-state index in [1.807, 2.05) is 37.4 Å². The van der Waals surface area contributed by atoms with E-state index in [1.54, 1.807) is 12.4 Å². The van der Waals surface area contributed by atoms with Crippen LogP contribution in [-0.2, 0) is 0 Å². The van der Waals surface area contributed by atoms with Crippen molar-refractivity contribution in [1.29, 1.82) is 0 Å². The van der Waals surface area contributed by atoms with Gasteiger partial charge in [0.05, 0.1) is 9.99 Å². The second kappa shape index (κ2) is 4.93. The standard InChI is InChI=1S/C14H11BrN4/c1-16-14-11(15)8-18-13(19-14)10-4-5-12-9(7-10)3-2-6-17-12/h2-8H,1H3,(H,16,18,19). The van der Waals surface area contributed by atoms with E-state index < -0.39 is 0 Å². The van der Waals surface area contributed by atoms with Crippen molar-refractivity contribution in [2.75, 3.05) is 12.4 Å². The van der Waals surface area contributed by atoms with Crippen LogP contribution < -0.4 is 5.32 Å². The van der Waals surface area contributed by atoms with Gasteiger partial charge in [-0.25, -0.2) is 9.97 Å². The summed E-state index contributed by atoms with van der Waals surface area (Å²) in [5.74, 6) is 1.47. The van der Waals surface area contributed by atoms with E-state index in [-0.39, 0.29) is 0 Å². The zero-order valence-corrected chi connectivity index (χ0v) is 11.8. The first-order valence-corrected chi connectivity index (χ1v) is 6.62. The average molecular weight is 315 g/mol. The molecule has 5 heteroatoms. The third kappa shape index (κ3) is 2.29. The summed E-state index contributed by atoms with van der Waals surface area (Å²) in [5, 5.41) is 4.11. The molecule has 0 aliphatic heterocycles. The van der Waals surface area contributed by atoms with E-state index >= 15 is 0 Å². The number of pyridine rings is 1. The van der Waals surface area contributed by atoms with Gasteiger partial charge >= 0.3 is 0 Å². The van der Waals surface area contributed by atoms with Gasteiger partial charge in [0.2, 0.25) is 0 Å². The molecule has 0 radical (unpaired) electrons. The van der Waals surface area contributed by atoms with E-state index in [0.717, 1.165) is 26.8 Å². The molecule has 0 fully saturated rings. The minimum absolute atomic E-state index is 0.693. The molecular weight excluding hydrogens is 304 g/mol. The van der Waals surface area contributed by atoms with Gasteiger partial charge < -0.3 is 5.32 Å². The number of hydrogen-bond acceptors (Lipinski definition) is 4. The highest BCUT2D eigenvalue weighted by molar-refractivity contribution is 9.10. The predicted octanol–water partition coefficient (Wildman–Crippen LogP) is 3.50. The molecule has 3 rings (SSSR count). The summed E-state index contributed by atoms with van der Waals surface area (Å²) in [7, 11) is 1.83. The molecule has 1 aromatic carbocycles. The van der Waals surface area contributed by atoms with Gasteiger partial charge in [0.15, 0.2) is 5.82 Å². The van der Waals surface area contributed by atoms with Crippen molar-refractivity contribution in [3.05, 3.63) is 47.2 Å². The van der Waals surface area contributed by atoms with Crippen LogP contribution in [0, 0.1) is 0 Å². The minimum Gasteiger partial charge on any atom is -0.372 e. The quantitative estimate of drug-likeness (QED) is 0.786. The van der Waals surface area contributed by atoms with Gasteiger partial charge in [-0.1, -0.05) is 6.07 Å². The first-order chi connectivity index (χ1) is 9.28. The monoisotopic (exact) mass is 314 g/mol. The summed E-state index contributed by atoms with van der Waals surface area (Å²) in [6.45, 7) is 0. The third-order valence-corrected chi connectivity index (χ3v) is 3.42. The van der Waals surface area contributed by atoms with Crippen LogP contribution in [0.5, 0.6) is 0 Å². The zero-order valence-electron chi connectivity index (χ0n) is 10.3. The number of halogens is 1. The molecule has 0 saturated heterocycles. The molecule has 0 aliphatic rings. The Hall–Kier alpha value is -2.01. The second-order valence-electron chi connectivity index (χ2n) is 4.05. The van der Waals surface area contributed by atoms with E-state index in [1.165, 1.54) is 0 Å². The number of anilines is 1. The number of nitrogens with zero attached hydrogens (tertiary/aromatic N) is 3. The fourth-order valence-electron chi connectivity index (χ4n) is 1.90. The van der Waals surface area contributed by atoms with Crippen molar-refractivity contribution >= 4 is 32.7 Å². The number of aromatic nitrogens is 3. The van der Waals surface area contributed by atoms with Crippen molar-refractivity contribution in [3.8, 4) is 11.4 Å². The largest absolute Gasteiger partial charge is 0.372 e. The van der Waals surface area contributed by atoms with Crippen molar-refractivity contribution in [3.63, 3.8) is 0 Å². The summed E-state index contributed by atoms with van der Waals surface area (Å²) in [4.78, 5) is 13.1. The molecule has 0 amide bonds. The van der Waals surface area contributed by atoms with E-state index in [0.29, 0.717) is 5.82 Å². The molecule has 0 atom stereocenters. The Labute approximate surface area is 119 Å². The molecule has 0 saturated carbocycles. The Balaban J connectivity index is 2.13. The fourth-order valence-corrected chi connectivity index (χ4v) is 2.29. The van der Waals surface area contributed by atoms with Gasteiger partial charge in [-0.05, 0) is 40.2 Å². The van der Waals surface area contributed by atoms with Crippen LogP contribution in [-0.4, -0.2) is 22.0 Å². The van der Waals surface area contributed by atoms with Crippen molar-refractivity contribution < 1.29 is 0 Å². The smallest absolute Gasteiger partial charge is 0.161 e. The number of hydrogen-bond donors (Lipinski definition) is 1. The lowest BCUT2D eigenvalue weighted by Gasteiger charge is -2.06. The maximum atomic E-state index is 4.48. The Kier molecular flexibility index (Phi) is 3.13. The molecule has 0 spiro atoms. The fraction of sp³-hybridized carbons (Fsp3) is 0.0714. The number of nitrogens with one attached hydrogen (secondary N) is 1. The second-order valence-corrected chi connectivity index (χ2v) is 4.91. The molecule has 4 nitrogen and oxygen atoms in total. The summed E-state index contributed by atoms with van der Waals surface area (Å²) in [6.07, 6.45) is 3.54. The van der Waals surface area contributed by atoms with Crippen molar-refractivity contribution in [1.82, 2.24) is 15.0 Å². The zero-order chi connectivity index (χ0) is 13.2. The Bertz CT molecular complexity index is 742. The van der Waals surface area contributed by atoms with Gasteiger partial charge in [-0.2, -0.15) is 0 Å². The molecule has 3 aromatic rings. The Morgan fingerprint density at radius 2 is 2.05 bits per heavy atom. The molecule has 2 aromatic heterocycles. The highest BCUT2D eigenvalue weighted by Gasteiger charge is 2.06. The van der Waals surface area contributed by atoms with Crippen LogP contribution in [0.3, 0.4) is 0 Å². The molecule has 0 aliphatic carbocycles. The van der Waals surface area contributed by atoms with Gasteiger partial charge in [0.1, 0.15) is 5.82 Å². The molecule has 2 heterocycles. The number of benzene rings is 1. The van der Waals surface area contributed by atoms with Crippen molar-refractivity contribution in [2.45, 2.75) is 0 Å². The SMILES string of the molecule is CNc1nc(-c2ccc3ncccc3c2)ncc1Br. The molecular formula is C14H11BrN4. The van der Waals surface area contributed by atoms with Crippen molar-refractivity contribution in [2.24, 2.45) is 0 Å². The summed E-state index contributed by atoms with van der Waals surface area (Å²) >= 11 is 3.41. The highest BCUT2D eigenvalue weighted by Crippen LogP contribution is 2.24. The van der Waals surface area contributed by atoms with E-state index in [9.17, 15) is 0 Å². The summed E-state index contributed by atoms with van der Waals surface area (Å²) in [5.41, 5.74) is 1.95. The molecule has 0 unspecified atom stereocenters. The normalized spacial score (nSPS) is 10.6. The third-order valence-electron chi connectivity index (χ3n) is 2.84. The maximum Gasteiger partial charge on any atom is 0.161 e. The number of rotatable bonds is 2. The van der Waals surface area contributed by atoms with Crippen LogP contribution in [0.15, 0.2) is 47.2 Å². The summed E-state index contributed by atoms with van der Waals surface area (Å²) in [6, 6.07) is 9.97. The van der Waals surface area contributed by atoms with Gasteiger partial charge in [0, 0.05) is 30.4 Å². The van der Waals surface area contributed by atoms with Crippen LogP contribution in [0.2, 0.25) is 0 Å². The van der Waals surface area contributed by atoms with Crippen LogP contribution in [0.25, 0.3) is 22.3 Å². The molecule has 1 N–H and O–H groups in total. The Morgan fingerprint density at radius 1 is 1.16 bits per heavy atom. The van der Waals surface area contributed by atoms with Gasteiger partial charge in [-0.3, -0.25) is 4.98 Å². The highest BCUT2D eigenvalue weighted by atomic mass is 79.9. The van der Waals surface area contributed by atoms with Gasteiger partial charge in [0.25, 0.3) is 0 Å². The minimum atomic E-state index is 0.693. The van der Waals surface area contributed by atoms with Crippen LogP contribution >= 0.6 is 15.9 Å². The summed E-state index contributed by atoms with van der Waals surface area (Å²) < 4.78 is 0.848. The molecule has 94 valence electrons. The van der Waals surface area contributed by atoms with E-state index in [2.05, 4.69) is 36.2 Å². The lowest BCUT2D eigenvalue weighted by molar-refractivity contribution is 1.15. The van der Waals surface area contributed by atoms with E-state index in [4.69, 9.17) is 0 Å². The van der Waals surface area contributed by atoms with Gasteiger partial charge in [-0.15, -0.1) is 0 Å². The topological polar surface area (TPSA) is 50.7 Å². The number of fused-ring (bicyclic) bond motifs is 1. The molecule has 0 bridgehead atoms. The van der Waals surface area contributed by atoms with Crippen LogP contribution in [0.1, 0.15) is 0 Å². The van der Waals surface area contributed by atoms with Crippen LogP contribution in [0.4, 0.5) is 5.82 Å². The lowest BCUT2D eigenvalue weighted by Crippen LogP contribution is -1.97. The predicted molar refractivity (Wildman–Crippen MR) is 80.0 cm³/mol. The first kappa shape index (κ1) is 12.0. The average Bonchev–Trinajstić information content (AvgIpc) is 2.47.